The summed E-state index contributed by atoms with van der Waals surface area (Å²) in [6.07, 6.45) is 21.4. The third-order valence-electron chi connectivity index (χ3n) is 5.64. The lowest BCUT2D eigenvalue weighted by atomic mass is 9.98. The van der Waals surface area contributed by atoms with Gasteiger partial charge in [0.2, 0.25) is 0 Å². The third kappa shape index (κ3) is 13.9. The van der Waals surface area contributed by atoms with Crippen molar-refractivity contribution in [3.63, 3.8) is 0 Å². The van der Waals surface area contributed by atoms with Crippen LogP contribution in [0.5, 0.6) is 0 Å². The summed E-state index contributed by atoms with van der Waals surface area (Å²) in [5, 5.41) is 0. The van der Waals surface area contributed by atoms with E-state index in [9.17, 15) is 0 Å². The van der Waals surface area contributed by atoms with Crippen LogP contribution in [0.3, 0.4) is 0 Å². The van der Waals surface area contributed by atoms with Crippen molar-refractivity contribution < 1.29 is 5.48 Å². The Labute approximate surface area is 170 Å². The highest BCUT2D eigenvalue weighted by atomic mass is 16.0. The number of rotatable bonds is 17. The molecule has 27 heavy (non-hydrogen) atoms. The molecule has 2 N–H and O–H groups in total. The lowest BCUT2D eigenvalue weighted by molar-refractivity contribution is 0.276. The predicted octanol–water partition coefficient (Wildman–Crippen LogP) is 7.34. The average molecular weight is 378 g/mol. The zero-order valence-corrected chi connectivity index (χ0v) is 18.5. The van der Waals surface area contributed by atoms with E-state index in [1.54, 1.807) is 0 Å². The van der Waals surface area contributed by atoms with E-state index in [2.05, 4.69) is 56.3 Å². The van der Waals surface area contributed by atoms with Gasteiger partial charge in [0.1, 0.15) is 0 Å². The molecule has 158 valence electrons. The molecule has 0 aromatic heterocycles. The lowest BCUT2D eigenvalue weighted by Gasteiger charge is -2.24. The van der Waals surface area contributed by atoms with E-state index in [1.165, 1.54) is 102 Å². The molecule has 1 aromatic carbocycles. The van der Waals surface area contributed by atoms with Crippen molar-refractivity contribution in [2.75, 3.05) is 14.1 Å². The zero-order valence-electron chi connectivity index (χ0n) is 18.5. The van der Waals surface area contributed by atoms with Crippen LogP contribution >= 0.6 is 0 Å². The Bertz CT molecular complexity index is 404. The quantitative estimate of drug-likeness (QED) is 0.262. The minimum absolute atomic E-state index is 0. The van der Waals surface area contributed by atoms with E-state index in [0.29, 0.717) is 6.04 Å². The lowest BCUT2D eigenvalue weighted by Crippen LogP contribution is -2.19. The topological polar surface area (TPSA) is 34.7 Å². The summed E-state index contributed by atoms with van der Waals surface area (Å²) < 4.78 is 0. The molecule has 0 fully saturated rings. The van der Waals surface area contributed by atoms with E-state index in [0.717, 1.165) is 0 Å². The summed E-state index contributed by atoms with van der Waals surface area (Å²) in [6.45, 7) is 2.30. The standard InChI is InChI=1S/C25H45N.H2O/c1-4-5-6-7-8-9-10-11-12-13-14-15-16-20-23-25(26(2)3)24-21-18-17-19-22-24;/h17-19,21-22,25H,4-16,20,23H2,1-3H3;1H2. The van der Waals surface area contributed by atoms with Crippen LogP contribution in [-0.2, 0) is 0 Å². The van der Waals surface area contributed by atoms with Crippen molar-refractivity contribution >= 4 is 0 Å². The van der Waals surface area contributed by atoms with Crippen LogP contribution in [0.15, 0.2) is 30.3 Å². The van der Waals surface area contributed by atoms with E-state index in [1.807, 2.05) is 0 Å². The van der Waals surface area contributed by atoms with E-state index < -0.39 is 0 Å². The Morgan fingerprint density at radius 3 is 1.44 bits per heavy atom. The first-order chi connectivity index (χ1) is 12.8. The van der Waals surface area contributed by atoms with Crippen molar-refractivity contribution in [3.05, 3.63) is 35.9 Å². The molecule has 0 amide bonds. The van der Waals surface area contributed by atoms with Crippen LogP contribution in [-0.4, -0.2) is 24.5 Å². The van der Waals surface area contributed by atoms with Crippen molar-refractivity contribution in [2.45, 2.75) is 109 Å². The zero-order chi connectivity index (χ0) is 18.9. The van der Waals surface area contributed by atoms with Gasteiger partial charge in [-0.2, -0.15) is 0 Å². The van der Waals surface area contributed by atoms with Crippen LogP contribution in [0.1, 0.15) is 115 Å². The molecule has 0 aliphatic carbocycles. The normalized spacial score (nSPS) is 12.1. The smallest absolute Gasteiger partial charge is 0.0342 e. The van der Waals surface area contributed by atoms with Gasteiger partial charge < -0.3 is 10.4 Å². The third-order valence-corrected chi connectivity index (χ3v) is 5.64. The van der Waals surface area contributed by atoms with Crippen LogP contribution in [0.25, 0.3) is 0 Å². The molecule has 1 atom stereocenters. The Morgan fingerprint density at radius 2 is 1.04 bits per heavy atom. The van der Waals surface area contributed by atoms with Crippen molar-refractivity contribution in [3.8, 4) is 0 Å². The molecule has 0 aliphatic rings. The molecule has 2 nitrogen and oxygen atoms in total. The van der Waals surface area contributed by atoms with Gasteiger partial charge in [-0.15, -0.1) is 0 Å². The molecule has 1 aromatic rings. The highest BCUT2D eigenvalue weighted by Gasteiger charge is 2.12. The van der Waals surface area contributed by atoms with E-state index in [-0.39, 0.29) is 5.48 Å². The van der Waals surface area contributed by atoms with Crippen LogP contribution < -0.4 is 0 Å². The highest BCUT2D eigenvalue weighted by molar-refractivity contribution is 5.18. The number of benzene rings is 1. The Morgan fingerprint density at radius 1 is 0.630 bits per heavy atom. The molecule has 0 bridgehead atoms. The van der Waals surface area contributed by atoms with Crippen LogP contribution in [0, 0.1) is 0 Å². The first-order valence-corrected chi connectivity index (χ1v) is 11.5. The maximum Gasteiger partial charge on any atom is 0.0342 e. The molecule has 1 unspecified atom stereocenters. The molecule has 0 radical (unpaired) electrons. The Balaban J connectivity index is 0.00000676. The summed E-state index contributed by atoms with van der Waals surface area (Å²) in [4.78, 5) is 2.37. The van der Waals surface area contributed by atoms with Crippen LogP contribution in [0.2, 0.25) is 0 Å². The second kappa shape index (κ2) is 18.5. The van der Waals surface area contributed by atoms with Crippen LogP contribution in [0.4, 0.5) is 0 Å². The summed E-state index contributed by atoms with van der Waals surface area (Å²) in [6, 6.07) is 11.6. The van der Waals surface area contributed by atoms with Gasteiger partial charge in [-0.25, -0.2) is 0 Å². The fourth-order valence-electron chi connectivity index (χ4n) is 3.93. The van der Waals surface area contributed by atoms with Crippen molar-refractivity contribution in [1.82, 2.24) is 4.90 Å². The Hall–Kier alpha value is -0.860. The molecular weight excluding hydrogens is 330 g/mol. The molecule has 0 heterocycles. The van der Waals surface area contributed by atoms with Gasteiger partial charge in [0.25, 0.3) is 0 Å². The SMILES string of the molecule is CCCCCCCCCCCCCCCCC(c1ccccc1)N(C)C.O. The maximum absolute atomic E-state index is 2.37. The minimum atomic E-state index is 0. The molecule has 2 heteroatoms. The number of nitrogens with zero attached hydrogens (tertiary/aromatic N) is 1. The molecular formula is C25H47NO. The van der Waals surface area contributed by atoms with Crippen molar-refractivity contribution in [1.29, 1.82) is 0 Å². The second-order valence-electron chi connectivity index (χ2n) is 8.27. The average Bonchev–Trinajstić information content (AvgIpc) is 2.65. The van der Waals surface area contributed by atoms with Crippen molar-refractivity contribution in [2.24, 2.45) is 0 Å². The first kappa shape index (κ1) is 26.1. The summed E-state index contributed by atoms with van der Waals surface area (Å²) >= 11 is 0. The number of hydrogen-bond donors (Lipinski definition) is 0. The minimum Gasteiger partial charge on any atom is -0.412 e. The van der Waals surface area contributed by atoms with Gasteiger partial charge in [-0.3, -0.25) is 0 Å². The largest absolute Gasteiger partial charge is 0.412 e. The fourth-order valence-corrected chi connectivity index (χ4v) is 3.93. The van der Waals surface area contributed by atoms with Gasteiger partial charge in [-0.1, -0.05) is 127 Å². The number of unbranched alkanes of at least 4 members (excludes halogenated alkanes) is 13. The maximum atomic E-state index is 2.37. The molecule has 0 saturated heterocycles. The van der Waals surface area contributed by atoms with Gasteiger partial charge in [-0.05, 0) is 26.1 Å². The van der Waals surface area contributed by atoms with E-state index in [4.69, 9.17) is 0 Å². The van der Waals surface area contributed by atoms with Gasteiger partial charge >= 0.3 is 0 Å². The summed E-state index contributed by atoms with van der Waals surface area (Å²) in [5.74, 6) is 0. The van der Waals surface area contributed by atoms with Gasteiger partial charge in [0.05, 0.1) is 0 Å². The number of hydrogen-bond acceptors (Lipinski definition) is 1. The summed E-state index contributed by atoms with van der Waals surface area (Å²) in [5.41, 5.74) is 1.46. The molecule has 0 spiro atoms. The fraction of sp³-hybridized carbons (Fsp3) is 0.760. The second-order valence-corrected chi connectivity index (χ2v) is 8.27. The Kier molecular flexibility index (Phi) is 17.9. The highest BCUT2D eigenvalue weighted by Crippen LogP contribution is 2.24. The first-order valence-electron chi connectivity index (χ1n) is 11.5. The summed E-state index contributed by atoms with van der Waals surface area (Å²) in [7, 11) is 4.42. The molecule has 1 rings (SSSR count). The predicted molar refractivity (Wildman–Crippen MR) is 121 cm³/mol. The van der Waals surface area contributed by atoms with E-state index >= 15 is 0 Å². The monoisotopic (exact) mass is 377 g/mol. The molecule has 0 saturated carbocycles. The van der Waals surface area contributed by atoms with Gasteiger partial charge in [0.15, 0.2) is 0 Å². The molecule has 0 aliphatic heterocycles. The van der Waals surface area contributed by atoms with Gasteiger partial charge in [0, 0.05) is 6.04 Å².